The van der Waals surface area contributed by atoms with Gasteiger partial charge in [0.15, 0.2) is 0 Å². The summed E-state index contributed by atoms with van der Waals surface area (Å²) in [5.74, 6) is 0. The van der Waals surface area contributed by atoms with Crippen molar-refractivity contribution in [2.24, 2.45) is 5.73 Å². The smallest absolute Gasteiger partial charge is 0.110 e. The van der Waals surface area contributed by atoms with Gasteiger partial charge in [0.2, 0.25) is 0 Å². The van der Waals surface area contributed by atoms with Crippen LogP contribution in [-0.2, 0) is 0 Å². The van der Waals surface area contributed by atoms with Crippen molar-refractivity contribution in [3.63, 3.8) is 0 Å². The van der Waals surface area contributed by atoms with Crippen molar-refractivity contribution in [2.45, 2.75) is 13.0 Å². The van der Waals surface area contributed by atoms with Crippen molar-refractivity contribution in [3.05, 3.63) is 46.8 Å². The lowest BCUT2D eigenvalue weighted by Gasteiger charge is -2.05. The summed E-state index contributed by atoms with van der Waals surface area (Å²) >= 11 is 1.51. The molecule has 0 radical (unpaired) electrons. The van der Waals surface area contributed by atoms with Crippen LogP contribution in [0.3, 0.4) is 0 Å². The molecule has 1 unspecified atom stereocenters. The maximum absolute atomic E-state index is 8.76. The Bertz CT molecular complexity index is 518. The van der Waals surface area contributed by atoms with Gasteiger partial charge in [0, 0.05) is 10.9 Å². The highest BCUT2D eigenvalue weighted by Crippen LogP contribution is 2.28. The van der Waals surface area contributed by atoms with Crippen LogP contribution in [0.1, 0.15) is 23.4 Å². The van der Waals surface area contributed by atoms with E-state index < -0.39 is 0 Å². The molecule has 80 valence electrons. The van der Waals surface area contributed by atoms with Crippen molar-refractivity contribution in [3.8, 4) is 16.5 Å². The largest absolute Gasteiger partial charge is 0.324 e. The maximum atomic E-state index is 8.76. The molecule has 1 aromatic heterocycles. The van der Waals surface area contributed by atoms with Crippen LogP contribution in [-0.4, -0.2) is 0 Å². The number of nitrogens with two attached hydrogens (primary N) is 1. The number of thiophene rings is 1. The van der Waals surface area contributed by atoms with Crippen LogP contribution >= 0.6 is 11.3 Å². The van der Waals surface area contributed by atoms with Gasteiger partial charge in [-0.3, -0.25) is 0 Å². The monoisotopic (exact) mass is 228 g/mol. The fourth-order valence-electron chi connectivity index (χ4n) is 1.50. The number of hydrogen-bond donors (Lipinski definition) is 1. The summed E-state index contributed by atoms with van der Waals surface area (Å²) in [6, 6.07) is 14.2. The standard InChI is InChI=1S/C13H12N2S/c1-9(15)10-2-4-11(5-3-10)13-7-6-12(8-14)16-13/h2-7,9H,15H2,1H3. The van der Waals surface area contributed by atoms with Gasteiger partial charge in [0.05, 0.1) is 0 Å². The molecule has 1 aromatic carbocycles. The Morgan fingerprint density at radius 2 is 1.88 bits per heavy atom. The Morgan fingerprint density at radius 1 is 1.19 bits per heavy atom. The van der Waals surface area contributed by atoms with E-state index in [0.717, 1.165) is 20.9 Å². The molecule has 0 saturated carbocycles. The van der Waals surface area contributed by atoms with Crippen LogP contribution in [0.4, 0.5) is 0 Å². The predicted molar refractivity (Wildman–Crippen MR) is 67.1 cm³/mol. The van der Waals surface area contributed by atoms with E-state index in [1.165, 1.54) is 11.3 Å². The third kappa shape index (κ3) is 2.13. The van der Waals surface area contributed by atoms with Gasteiger partial charge in [-0.05, 0) is 30.2 Å². The van der Waals surface area contributed by atoms with Crippen LogP contribution < -0.4 is 5.73 Å². The molecule has 1 atom stereocenters. The van der Waals surface area contributed by atoms with Crippen LogP contribution in [0.5, 0.6) is 0 Å². The Balaban J connectivity index is 2.31. The number of nitrogens with zero attached hydrogens (tertiary/aromatic N) is 1. The fraction of sp³-hybridized carbons (Fsp3) is 0.154. The lowest BCUT2D eigenvalue weighted by atomic mass is 10.1. The molecule has 0 bridgehead atoms. The Morgan fingerprint density at radius 3 is 2.38 bits per heavy atom. The first-order chi connectivity index (χ1) is 7.70. The van der Waals surface area contributed by atoms with Gasteiger partial charge in [-0.2, -0.15) is 5.26 Å². The minimum atomic E-state index is 0.0621. The van der Waals surface area contributed by atoms with Gasteiger partial charge in [0.25, 0.3) is 0 Å². The fourth-order valence-corrected chi connectivity index (χ4v) is 2.31. The zero-order valence-electron chi connectivity index (χ0n) is 8.97. The first-order valence-corrected chi connectivity index (χ1v) is 5.88. The van der Waals surface area contributed by atoms with E-state index in [2.05, 4.69) is 6.07 Å². The van der Waals surface area contributed by atoms with E-state index in [9.17, 15) is 0 Å². The lowest BCUT2D eigenvalue weighted by molar-refractivity contribution is 0.818. The molecule has 16 heavy (non-hydrogen) atoms. The minimum Gasteiger partial charge on any atom is -0.324 e. The molecule has 0 amide bonds. The molecule has 0 spiro atoms. The summed E-state index contributed by atoms with van der Waals surface area (Å²) in [5.41, 5.74) is 8.05. The van der Waals surface area contributed by atoms with Gasteiger partial charge in [0.1, 0.15) is 10.9 Å². The summed E-state index contributed by atoms with van der Waals surface area (Å²) in [7, 11) is 0. The van der Waals surface area contributed by atoms with Gasteiger partial charge in [-0.15, -0.1) is 11.3 Å². The number of hydrogen-bond acceptors (Lipinski definition) is 3. The summed E-state index contributed by atoms with van der Waals surface area (Å²) < 4.78 is 0. The normalized spacial score (nSPS) is 12.1. The summed E-state index contributed by atoms with van der Waals surface area (Å²) in [6.45, 7) is 1.97. The second kappa shape index (κ2) is 4.48. The summed E-state index contributed by atoms with van der Waals surface area (Å²) in [4.78, 5) is 1.86. The van der Waals surface area contributed by atoms with Crippen LogP contribution in [0.2, 0.25) is 0 Å². The van der Waals surface area contributed by atoms with E-state index in [-0.39, 0.29) is 6.04 Å². The molecule has 1 heterocycles. The first-order valence-electron chi connectivity index (χ1n) is 5.06. The molecular formula is C13H12N2S. The number of rotatable bonds is 2. The number of benzene rings is 1. The lowest BCUT2D eigenvalue weighted by Crippen LogP contribution is -2.04. The molecule has 2 nitrogen and oxygen atoms in total. The Kier molecular flexibility index (Phi) is 3.04. The molecule has 2 aromatic rings. The number of nitriles is 1. The van der Waals surface area contributed by atoms with Crippen LogP contribution in [0.25, 0.3) is 10.4 Å². The molecule has 0 aliphatic rings. The Labute approximate surface area is 99.0 Å². The van der Waals surface area contributed by atoms with Gasteiger partial charge >= 0.3 is 0 Å². The third-order valence-corrected chi connectivity index (χ3v) is 3.48. The van der Waals surface area contributed by atoms with E-state index in [1.54, 1.807) is 0 Å². The van der Waals surface area contributed by atoms with Crippen molar-refractivity contribution in [1.29, 1.82) is 5.26 Å². The van der Waals surface area contributed by atoms with Crippen molar-refractivity contribution in [1.82, 2.24) is 0 Å². The molecule has 0 aliphatic heterocycles. The minimum absolute atomic E-state index is 0.0621. The highest BCUT2D eigenvalue weighted by Gasteiger charge is 2.03. The zero-order chi connectivity index (χ0) is 11.5. The SMILES string of the molecule is CC(N)c1ccc(-c2ccc(C#N)s2)cc1. The van der Waals surface area contributed by atoms with Crippen molar-refractivity contribution < 1.29 is 0 Å². The first kappa shape index (κ1) is 10.9. The van der Waals surface area contributed by atoms with Gasteiger partial charge in [-0.1, -0.05) is 24.3 Å². The summed E-state index contributed by atoms with van der Waals surface area (Å²) in [6.07, 6.45) is 0. The second-order valence-electron chi connectivity index (χ2n) is 3.69. The highest BCUT2D eigenvalue weighted by atomic mass is 32.1. The highest BCUT2D eigenvalue weighted by molar-refractivity contribution is 7.16. The average molecular weight is 228 g/mol. The molecule has 0 fully saturated rings. The molecule has 0 aliphatic carbocycles. The van der Waals surface area contributed by atoms with Crippen molar-refractivity contribution >= 4 is 11.3 Å². The third-order valence-electron chi connectivity index (χ3n) is 2.44. The van der Waals surface area contributed by atoms with E-state index in [4.69, 9.17) is 11.0 Å². The summed E-state index contributed by atoms with van der Waals surface area (Å²) in [5, 5.41) is 8.76. The maximum Gasteiger partial charge on any atom is 0.110 e. The van der Waals surface area contributed by atoms with Gasteiger partial charge in [-0.25, -0.2) is 0 Å². The molecule has 3 heteroatoms. The van der Waals surface area contributed by atoms with Crippen LogP contribution in [0, 0.1) is 11.3 Å². The van der Waals surface area contributed by atoms with E-state index in [1.807, 2.05) is 43.3 Å². The molecule has 2 rings (SSSR count). The quantitative estimate of drug-likeness (QED) is 0.857. The van der Waals surface area contributed by atoms with Crippen molar-refractivity contribution in [2.75, 3.05) is 0 Å². The van der Waals surface area contributed by atoms with Gasteiger partial charge < -0.3 is 5.73 Å². The zero-order valence-corrected chi connectivity index (χ0v) is 9.79. The average Bonchev–Trinajstić information content (AvgIpc) is 2.77. The van der Waals surface area contributed by atoms with E-state index >= 15 is 0 Å². The second-order valence-corrected chi connectivity index (χ2v) is 4.77. The molecule has 0 saturated heterocycles. The Hall–Kier alpha value is -1.63. The molecule has 2 N–H and O–H groups in total. The molecular weight excluding hydrogens is 216 g/mol. The predicted octanol–water partition coefficient (Wildman–Crippen LogP) is 3.31. The topological polar surface area (TPSA) is 49.8 Å². The van der Waals surface area contributed by atoms with Crippen LogP contribution in [0.15, 0.2) is 36.4 Å². The van der Waals surface area contributed by atoms with E-state index in [0.29, 0.717) is 0 Å².